The van der Waals surface area contributed by atoms with Gasteiger partial charge in [0.25, 0.3) is 0 Å². The maximum atomic E-state index is 5.97. The van der Waals surface area contributed by atoms with Crippen molar-refractivity contribution in [2.45, 2.75) is 20.0 Å². The van der Waals surface area contributed by atoms with E-state index in [1.165, 1.54) is 16.5 Å². The summed E-state index contributed by atoms with van der Waals surface area (Å²) in [6, 6.07) is 5.91. The van der Waals surface area contributed by atoms with Crippen LogP contribution in [-0.2, 0) is 13.1 Å². The van der Waals surface area contributed by atoms with Crippen LogP contribution in [0.25, 0.3) is 10.9 Å². The van der Waals surface area contributed by atoms with Crippen LogP contribution < -0.4 is 5.32 Å². The molecule has 0 aliphatic carbocycles. The highest BCUT2D eigenvalue weighted by molar-refractivity contribution is 6.31. The zero-order valence-corrected chi connectivity index (χ0v) is 11.4. The van der Waals surface area contributed by atoms with Crippen molar-refractivity contribution in [2.75, 3.05) is 0 Å². The quantitative estimate of drug-likeness (QED) is 0.685. The van der Waals surface area contributed by atoms with Gasteiger partial charge in [0, 0.05) is 46.5 Å². The molecule has 19 heavy (non-hydrogen) atoms. The maximum absolute atomic E-state index is 5.97. The molecule has 0 spiro atoms. The zero-order valence-electron chi connectivity index (χ0n) is 10.6. The second-order valence-electron chi connectivity index (χ2n) is 4.63. The second-order valence-corrected chi connectivity index (χ2v) is 5.06. The van der Waals surface area contributed by atoms with E-state index in [2.05, 4.69) is 20.5 Å². The molecule has 3 rings (SSSR count). The molecule has 0 saturated carbocycles. The highest BCUT2D eigenvalue weighted by Crippen LogP contribution is 2.21. The van der Waals surface area contributed by atoms with Gasteiger partial charge >= 0.3 is 0 Å². The second kappa shape index (κ2) is 5.07. The minimum absolute atomic E-state index is 0.753. The van der Waals surface area contributed by atoms with Gasteiger partial charge in [-0.3, -0.25) is 5.10 Å². The third kappa shape index (κ3) is 2.50. The van der Waals surface area contributed by atoms with E-state index in [1.54, 1.807) is 0 Å². The van der Waals surface area contributed by atoms with Gasteiger partial charge < -0.3 is 10.3 Å². The Bertz CT molecular complexity index is 698. The molecule has 3 N–H and O–H groups in total. The largest absolute Gasteiger partial charge is 0.361 e. The molecule has 0 aliphatic heterocycles. The van der Waals surface area contributed by atoms with Crippen LogP contribution >= 0.6 is 11.6 Å². The van der Waals surface area contributed by atoms with Gasteiger partial charge in [0.2, 0.25) is 0 Å². The van der Waals surface area contributed by atoms with E-state index in [-0.39, 0.29) is 0 Å². The smallest absolute Gasteiger partial charge is 0.0535 e. The molecule has 2 aromatic heterocycles. The molecule has 1 aromatic carbocycles. The Morgan fingerprint density at radius 1 is 1.26 bits per heavy atom. The Labute approximate surface area is 116 Å². The van der Waals surface area contributed by atoms with Gasteiger partial charge in [-0.05, 0) is 24.6 Å². The molecule has 0 aliphatic rings. The molecule has 0 radical (unpaired) electrons. The van der Waals surface area contributed by atoms with Crippen molar-refractivity contribution in [1.82, 2.24) is 20.5 Å². The normalized spacial score (nSPS) is 11.3. The summed E-state index contributed by atoms with van der Waals surface area (Å²) >= 11 is 5.97. The van der Waals surface area contributed by atoms with E-state index in [1.807, 2.05) is 37.5 Å². The summed E-state index contributed by atoms with van der Waals surface area (Å²) in [4.78, 5) is 3.24. The number of rotatable bonds is 4. The predicted octanol–water partition coefficient (Wildman–Crippen LogP) is 3.14. The third-order valence-corrected chi connectivity index (χ3v) is 3.53. The summed E-state index contributed by atoms with van der Waals surface area (Å²) in [7, 11) is 0. The Kier molecular flexibility index (Phi) is 3.27. The fourth-order valence-corrected chi connectivity index (χ4v) is 2.36. The molecule has 0 amide bonds. The van der Waals surface area contributed by atoms with Crippen LogP contribution in [0.3, 0.4) is 0 Å². The lowest BCUT2D eigenvalue weighted by Gasteiger charge is -2.03. The molecule has 0 bridgehead atoms. The lowest BCUT2D eigenvalue weighted by Crippen LogP contribution is -2.12. The molecule has 0 atom stereocenters. The van der Waals surface area contributed by atoms with E-state index < -0.39 is 0 Å². The van der Waals surface area contributed by atoms with E-state index in [0.717, 1.165) is 29.3 Å². The predicted molar refractivity (Wildman–Crippen MR) is 77.2 cm³/mol. The minimum atomic E-state index is 0.753. The summed E-state index contributed by atoms with van der Waals surface area (Å²) in [5.41, 5.74) is 4.62. The molecule has 0 unspecified atom stereocenters. The number of nitrogens with one attached hydrogen (secondary N) is 3. The SMILES string of the molecule is Cc1[nH]ncc1CNCc1c[nH]c2cc(Cl)ccc12. The van der Waals surface area contributed by atoms with Crippen molar-refractivity contribution >= 4 is 22.5 Å². The Morgan fingerprint density at radius 2 is 2.11 bits per heavy atom. The van der Waals surface area contributed by atoms with Gasteiger partial charge in [0.1, 0.15) is 0 Å². The summed E-state index contributed by atoms with van der Waals surface area (Å²) in [5.74, 6) is 0. The van der Waals surface area contributed by atoms with Gasteiger partial charge in [0.05, 0.1) is 6.20 Å². The van der Waals surface area contributed by atoms with Crippen LogP contribution in [0.15, 0.2) is 30.6 Å². The number of benzene rings is 1. The van der Waals surface area contributed by atoms with Crippen molar-refractivity contribution < 1.29 is 0 Å². The lowest BCUT2D eigenvalue weighted by atomic mass is 10.1. The first kappa shape index (κ1) is 12.3. The average Bonchev–Trinajstić information content (AvgIpc) is 2.97. The van der Waals surface area contributed by atoms with E-state index in [4.69, 9.17) is 11.6 Å². The molecule has 98 valence electrons. The van der Waals surface area contributed by atoms with Crippen molar-refractivity contribution in [3.63, 3.8) is 0 Å². The van der Waals surface area contributed by atoms with Crippen molar-refractivity contribution in [3.05, 3.63) is 52.4 Å². The number of hydrogen-bond acceptors (Lipinski definition) is 2. The van der Waals surface area contributed by atoms with Gasteiger partial charge in [-0.15, -0.1) is 0 Å². The summed E-state index contributed by atoms with van der Waals surface area (Å²) in [6.07, 6.45) is 3.88. The topological polar surface area (TPSA) is 56.5 Å². The molecule has 4 nitrogen and oxygen atoms in total. The third-order valence-electron chi connectivity index (χ3n) is 3.29. The summed E-state index contributed by atoms with van der Waals surface area (Å²) in [5, 5.41) is 12.3. The fourth-order valence-electron chi connectivity index (χ4n) is 2.19. The van der Waals surface area contributed by atoms with E-state index in [9.17, 15) is 0 Å². The number of hydrogen-bond donors (Lipinski definition) is 3. The summed E-state index contributed by atoms with van der Waals surface area (Å²) in [6.45, 7) is 3.65. The van der Waals surface area contributed by atoms with E-state index in [0.29, 0.717) is 0 Å². The number of H-pyrrole nitrogens is 2. The van der Waals surface area contributed by atoms with Crippen LogP contribution in [0.2, 0.25) is 5.02 Å². The standard InChI is InChI=1S/C14H15ClN4/c1-9-10(8-18-19-9)5-16-6-11-7-17-14-4-12(15)2-3-13(11)14/h2-4,7-8,16-17H,5-6H2,1H3,(H,18,19). The Hall–Kier alpha value is -1.78. The monoisotopic (exact) mass is 274 g/mol. The number of fused-ring (bicyclic) bond motifs is 1. The van der Waals surface area contributed by atoms with Crippen LogP contribution in [0.5, 0.6) is 0 Å². The highest BCUT2D eigenvalue weighted by Gasteiger charge is 2.05. The number of nitrogens with zero attached hydrogens (tertiary/aromatic N) is 1. The van der Waals surface area contributed by atoms with Gasteiger partial charge in [-0.2, -0.15) is 5.10 Å². The van der Waals surface area contributed by atoms with Gasteiger partial charge in [-0.1, -0.05) is 17.7 Å². The lowest BCUT2D eigenvalue weighted by molar-refractivity contribution is 0.694. The first-order valence-corrected chi connectivity index (χ1v) is 6.57. The van der Waals surface area contributed by atoms with Crippen molar-refractivity contribution in [2.24, 2.45) is 0 Å². The molecular weight excluding hydrogens is 260 g/mol. The molecule has 2 heterocycles. The number of aromatic amines is 2. The first-order chi connectivity index (χ1) is 9.24. The summed E-state index contributed by atoms with van der Waals surface area (Å²) < 4.78 is 0. The molecular formula is C14H15ClN4. The van der Waals surface area contributed by atoms with Crippen molar-refractivity contribution in [1.29, 1.82) is 0 Å². The van der Waals surface area contributed by atoms with Gasteiger partial charge in [-0.25, -0.2) is 0 Å². The zero-order chi connectivity index (χ0) is 13.2. The molecule has 0 saturated heterocycles. The molecule has 0 fully saturated rings. The molecule has 5 heteroatoms. The van der Waals surface area contributed by atoms with E-state index >= 15 is 0 Å². The Balaban J connectivity index is 1.70. The highest BCUT2D eigenvalue weighted by atomic mass is 35.5. The van der Waals surface area contributed by atoms with Crippen LogP contribution in [0.4, 0.5) is 0 Å². The first-order valence-electron chi connectivity index (χ1n) is 6.19. The van der Waals surface area contributed by atoms with Crippen LogP contribution in [-0.4, -0.2) is 15.2 Å². The molecule has 3 aromatic rings. The number of aryl methyl sites for hydroxylation is 1. The maximum Gasteiger partial charge on any atom is 0.0535 e. The van der Waals surface area contributed by atoms with Crippen LogP contribution in [0.1, 0.15) is 16.8 Å². The number of aromatic nitrogens is 3. The minimum Gasteiger partial charge on any atom is -0.361 e. The average molecular weight is 275 g/mol. The number of halogens is 1. The Morgan fingerprint density at radius 3 is 2.89 bits per heavy atom. The van der Waals surface area contributed by atoms with Gasteiger partial charge in [0.15, 0.2) is 0 Å². The van der Waals surface area contributed by atoms with Crippen LogP contribution in [0, 0.1) is 6.92 Å². The fraction of sp³-hybridized carbons (Fsp3) is 0.214. The van der Waals surface area contributed by atoms with Crippen molar-refractivity contribution in [3.8, 4) is 0 Å².